The minimum atomic E-state index is -1.14. The molecular weight excluding hydrogens is 268 g/mol. The summed E-state index contributed by atoms with van der Waals surface area (Å²) in [5.74, 6) is 2.36. The third kappa shape index (κ3) is 2.81. The van der Waals surface area contributed by atoms with Crippen molar-refractivity contribution < 1.29 is 23.5 Å². The lowest BCUT2D eigenvalue weighted by molar-refractivity contribution is 0.0696. The van der Waals surface area contributed by atoms with Gasteiger partial charge in [0.2, 0.25) is 0 Å². The van der Waals surface area contributed by atoms with Gasteiger partial charge in [-0.25, -0.2) is 19.5 Å². The molecule has 0 unspecified atom stereocenters. The van der Waals surface area contributed by atoms with E-state index in [1.54, 1.807) is 0 Å². The van der Waals surface area contributed by atoms with Crippen LogP contribution in [-0.4, -0.2) is 11.1 Å². The van der Waals surface area contributed by atoms with Gasteiger partial charge in [-0.15, -0.1) is 0 Å². The fraction of sp³-hybridized carbons (Fsp3) is 0.0714. The smallest absolute Gasteiger partial charge is 0.335 e. The number of carboxylic acids is 1. The Bertz CT molecular complexity index is 659. The van der Waals surface area contributed by atoms with Crippen molar-refractivity contribution in [3.63, 3.8) is 0 Å². The van der Waals surface area contributed by atoms with Crippen LogP contribution in [0.2, 0.25) is 0 Å². The summed E-state index contributed by atoms with van der Waals surface area (Å²) >= 11 is 0. The molecular formula is C14H11F2NO3. The van der Waals surface area contributed by atoms with E-state index in [0.717, 1.165) is 12.1 Å². The summed E-state index contributed by atoms with van der Waals surface area (Å²) in [5.41, 5.74) is 0.877. The third-order valence-corrected chi connectivity index (χ3v) is 2.82. The van der Waals surface area contributed by atoms with E-state index in [2.05, 4.69) is 4.84 Å². The van der Waals surface area contributed by atoms with Crippen LogP contribution in [0.15, 0.2) is 36.4 Å². The predicted molar refractivity (Wildman–Crippen MR) is 67.7 cm³/mol. The highest BCUT2D eigenvalue weighted by molar-refractivity contribution is 5.90. The molecule has 2 rings (SSSR count). The molecule has 0 spiro atoms. The normalized spacial score (nSPS) is 10.6. The van der Waals surface area contributed by atoms with Gasteiger partial charge in [-0.1, -0.05) is 6.07 Å². The second kappa shape index (κ2) is 5.77. The van der Waals surface area contributed by atoms with Crippen LogP contribution in [-0.2, 0) is 11.4 Å². The minimum absolute atomic E-state index is 0.00973. The first-order valence-corrected chi connectivity index (χ1v) is 5.66. The number of aromatic carboxylic acids is 1. The van der Waals surface area contributed by atoms with Gasteiger partial charge in [0.15, 0.2) is 0 Å². The summed E-state index contributed by atoms with van der Waals surface area (Å²) in [6, 6.07) is 7.21. The van der Waals surface area contributed by atoms with Crippen LogP contribution in [0.3, 0.4) is 0 Å². The van der Waals surface area contributed by atoms with Gasteiger partial charge in [0, 0.05) is 11.6 Å². The highest BCUT2D eigenvalue weighted by atomic mass is 19.1. The summed E-state index contributed by atoms with van der Waals surface area (Å²) in [4.78, 5) is 15.5. The molecule has 2 aromatic carbocycles. The molecule has 6 heteroatoms. The maximum Gasteiger partial charge on any atom is 0.335 e. The Hall–Kier alpha value is -2.31. The molecule has 0 radical (unpaired) electrons. The Morgan fingerprint density at radius 1 is 1.15 bits per heavy atom. The maximum atomic E-state index is 13.8. The van der Waals surface area contributed by atoms with Crippen molar-refractivity contribution in [2.75, 3.05) is 0 Å². The van der Waals surface area contributed by atoms with Crippen molar-refractivity contribution in [3.05, 3.63) is 59.2 Å². The molecule has 0 saturated carbocycles. The van der Waals surface area contributed by atoms with Crippen molar-refractivity contribution in [2.24, 2.45) is 5.90 Å². The van der Waals surface area contributed by atoms with Gasteiger partial charge in [-0.3, -0.25) is 4.84 Å². The predicted octanol–water partition coefficient (Wildman–Crippen LogP) is 2.72. The summed E-state index contributed by atoms with van der Waals surface area (Å²) in [6.45, 7) is -0.0218. The lowest BCUT2D eigenvalue weighted by atomic mass is 9.97. The van der Waals surface area contributed by atoms with Crippen molar-refractivity contribution in [1.82, 2.24) is 0 Å². The van der Waals surface area contributed by atoms with Gasteiger partial charge in [-0.2, -0.15) is 0 Å². The topological polar surface area (TPSA) is 72.5 Å². The van der Waals surface area contributed by atoms with Crippen LogP contribution >= 0.6 is 0 Å². The lowest BCUT2D eigenvalue weighted by Crippen LogP contribution is -2.04. The Kier molecular flexibility index (Phi) is 4.07. The average Bonchev–Trinajstić information content (AvgIpc) is 2.40. The largest absolute Gasteiger partial charge is 0.478 e. The van der Waals surface area contributed by atoms with Crippen LogP contribution in [0.4, 0.5) is 8.78 Å². The molecule has 0 heterocycles. The van der Waals surface area contributed by atoms with Crippen molar-refractivity contribution in [3.8, 4) is 11.1 Å². The fourth-order valence-corrected chi connectivity index (χ4v) is 1.88. The standard InChI is InChI=1S/C14H11F2NO3/c15-10-3-4-11(13(16)6-10)12-5-8(14(18)19)1-2-9(12)7-20-17/h1-6H,7,17H2,(H,18,19). The summed E-state index contributed by atoms with van der Waals surface area (Å²) in [6.07, 6.45) is 0. The zero-order valence-electron chi connectivity index (χ0n) is 10.3. The van der Waals surface area contributed by atoms with Gasteiger partial charge < -0.3 is 5.11 Å². The van der Waals surface area contributed by atoms with Gasteiger partial charge in [0.05, 0.1) is 12.2 Å². The number of hydrogen-bond donors (Lipinski definition) is 2. The highest BCUT2D eigenvalue weighted by Gasteiger charge is 2.14. The van der Waals surface area contributed by atoms with E-state index >= 15 is 0 Å². The summed E-state index contributed by atoms with van der Waals surface area (Å²) < 4.78 is 26.8. The Balaban J connectivity index is 2.62. The van der Waals surface area contributed by atoms with Crippen molar-refractivity contribution in [1.29, 1.82) is 0 Å². The van der Waals surface area contributed by atoms with Gasteiger partial charge in [0.1, 0.15) is 11.6 Å². The minimum Gasteiger partial charge on any atom is -0.478 e. The highest BCUT2D eigenvalue weighted by Crippen LogP contribution is 2.28. The monoisotopic (exact) mass is 279 g/mol. The molecule has 0 aliphatic rings. The molecule has 0 fully saturated rings. The number of nitrogens with two attached hydrogens (primary N) is 1. The van der Waals surface area contributed by atoms with E-state index in [-0.39, 0.29) is 17.7 Å². The van der Waals surface area contributed by atoms with Crippen molar-refractivity contribution >= 4 is 5.97 Å². The molecule has 0 atom stereocenters. The second-order valence-electron chi connectivity index (χ2n) is 4.11. The SMILES string of the molecule is NOCc1ccc(C(=O)O)cc1-c1ccc(F)cc1F. The summed E-state index contributed by atoms with van der Waals surface area (Å²) in [5, 5.41) is 8.98. The van der Waals surface area contributed by atoms with Crippen LogP contribution < -0.4 is 5.90 Å². The number of carboxylic acid groups (broad SMARTS) is 1. The molecule has 0 aliphatic heterocycles. The van der Waals surface area contributed by atoms with Gasteiger partial charge in [0.25, 0.3) is 0 Å². The molecule has 0 aliphatic carbocycles. The maximum absolute atomic E-state index is 13.8. The van der Waals surface area contributed by atoms with E-state index < -0.39 is 17.6 Å². The van der Waals surface area contributed by atoms with E-state index in [1.165, 1.54) is 24.3 Å². The average molecular weight is 279 g/mol. The lowest BCUT2D eigenvalue weighted by Gasteiger charge is -2.11. The molecule has 3 N–H and O–H groups in total. The summed E-state index contributed by atoms with van der Waals surface area (Å²) in [7, 11) is 0. The molecule has 104 valence electrons. The Labute approximate surface area is 113 Å². The number of carbonyl (C=O) groups is 1. The number of benzene rings is 2. The molecule has 20 heavy (non-hydrogen) atoms. The molecule has 2 aromatic rings. The first kappa shape index (κ1) is 14.1. The number of hydrogen-bond acceptors (Lipinski definition) is 3. The van der Waals surface area contributed by atoms with Crippen LogP contribution in [0, 0.1) is 11.6 Å². The Morgan fingerprint density at radius 3 is 2.50 bits per heavy atom. The van der Waals surface area contributed by atoms with E-state index in [1.807, 2.05) is 0 Å². The van der Waals surface area contributed by atoms with Gasteiger partial charge >= 0.3 is 5.97 Å². The van der Waals surface area contributed by atoms with Crippen molar-refractivity contribution in [2.45, 2.75) is 6.61 Å². The second-order valence-corrected chi connectivity index (χ2v) is 4.11. The molecule has 0 bridgehead atoms. The first-order valence-electron chi connectivity index (χ1n) is 5.66. The van der Waals surface area contributed by atoms with Gasteiger partial charge in [-0.05, 0) is 35.4 Å². The number of rotatable bonds is 4. The molecule has 0 saturated heterocycles. The van der Waals surface area contributed by atoms with E-state index in [9.17, 15) is 13.6 Å². The fourth-order valence-electron chi connectivity index (χ4n) is 1.88. The van der Waals surface area contributed by atoms with Crippen LogP contribution in [0.5, 0.6) is 0 Å². The quantitative estimate of drug-likeness (QED) is 0.844. The van der Waals surface area contributed by atoms with Crippen LogP contribution in [0.1, 0.15) is 15.9 Å². The Morgan fingerprint density at radius 2 is 1.90 bits per heavy atom. The number of halogens is 2. The van der Waals surface area contributed by atoms with E-state index in [0.29, 0.717) is 11.1 Å². The molecule has 0 amide bonds. The zero-order chi connectivity index (χ0) is 14.7. The van der Waals surface area contributed by atoms with E-state index in [4.69, 9.17) is 11.0 Å². The van der Waals surface area contributed by atoms with Crippen LogP contribution in [0.25, 0.3) is 11.1 Å². The molecule has 0 aromatic heterocycles. The molecule has 4 nitrogen and oxygen atoms in total. The first-order chi connectivity index (χ1) is 9.52. The third-order valence-electron chi connectivity index (χ3n) is 2.82. The zero-order valence-corrected chi connectivity index (χ0v) is 10.3.